The zero-order chi connectivity index (χ0) is 11.8. The number of anilines is 1. The highest BCUT2D eigenvalue weighted by Crippen LogP contribution is 2.37. The monoisotopic (exact) mass is 241 g/mol. The molecule has 88 valence electrons. The van der Waals surface area contributed by atoms with Crippen molar-refractivity contribution in [3.8, 4) is 5.75 Å². The molecule has 1 aliphatic heterocycles. The molecule has 4 nitrogen and oxygen atoms in total. The summed E-state index contributed by atoms with van der Waals surface area (Å²) in [7, 11) is -1.45. The molecular formula is C11H15NO3S. The molecule has 2 rings (SSSR count). The van der Waals surface area contributed by atoms with Crippen molar-refractivity contribution in [2.75, 3.05) is 18.6 Å². The summed E-state index contributed by atoms with van der Waals surface area (Å²) in [6.45, 7) is 0. The summed E-state index contributed by atoms with van der Waals surface area (Å²) in [5.74, 6) is 0.823. The van der Waals surface area contributed by atoms with E-state index in [2.05, 4.69) is 0 Å². The normalized spacial score (nSPS) is 23.2. The molecule has 1 aromatic rings. The van der Waals surface area contributed by atoms with Crippen LogP contribution in [0.4, 0.5) is 5.69 Å². The molecular weight excluding hydrogens is 226 g/mol. The molecule has 1 saturated heterocycles. The molecule has 1 heterocycles. The third kappa shape index (κ3) is 1.87. The van der Waals surface area contributed by atoms with E-state index in [4.69, 9.17) is 10.5 Å². The van der Waals surface area contributed by atoms with Gasteiger partial charge in [0.2, 0.25) is 0 Å². The lowest BCUT2D eigenvalue weighted by atomic mass is 10.1. The molecule has 0 saturated carbocycles. The van der Waals surface area contributed by atoms with Crippen molar-refractivity contribution in [2.45, 2.75) is 18.1 Å². The molecule has 0 radical (unpaired) electrons. The number of ether oxygens (including phenoxy) is 1. The number of nitrogens with two attached hydrogens (primary N) is 1. The SMILES string of the molecule is COc1cc(C2CCCS2(=O)=O)ccc1N. The van der Waals surface area contributed by atoms with Gasteiger partial charge in [0.05, 0.1) is 23.8 Å². The van der Waals surface area contributed by atoms with Crippen LogP contribution in [0, 0.1) is 0 Å². The van der Waals surface area contributed by atoms with Gasteiger partial charge in [-0.3, -0.25) is 0 Å². The fourth-order valence-electron chi connectivity index (χ4n) is 2.09. The summed E-state index contributed by atoms with van der Waals surface area (Å²) in [6.07, 6.45) is 1.43. The average Bonchev–Trinajstić information content (AvgIpc) is 2.59. The van der Waals surface area contributed by atoms with Crippen LogP contribution >= 0.6 is 0 Å². The second kappa shape index (κ2) is 3.97. The van der Waals surface area contributed by atoms with Crippen molar-refractivity contribution >= 4 is 15.5 Å². The molecule has 0 spiro atoms. The number of benzene rings is 1. The van der Waals surface area contributed by atoms with Gasteiger partial charge in [-0.2, -0.15) is 0 Å². The van der Waals surface area contributed by atoms with Crippen molar-refractivity contribution in [1.29, 1.82) is 0 Å². The number of sulfone groups is 1. The second-order valence-electron chi connectivity index (χ2n) is 4.00. The lowest BCUT2D eigenvalue weighted by Gasteiger charge is -2.12. The molecule has 1 aromatic carbocycles. The van der Waals surface area contributed by atoms with Gasteiger partial charge in [0.15, 0.2) is 9.84 Å². The quantitative estimate of drug-likeness (QED) is 0.797. The fourth-order valence-corrected chi connectivity index (χ4v) is 4.03. The van der Waals surface area contributed by atoms with Crippen LogP contribution < -0.4 is 10.5 Å². The number of nitrogen functional groups attached to an aromatic ring is 1. The summed E-state index contributed by atoms with van der Waals surface area (Å²) in [5.41, 5.74) is 7.00. The van der Waals surface area contributed by atoms with E-state index >= 15 is 0 Å². The first-order valence-corrected chi connectivity index (χ1v) is 6.91. The van der Waals surface area contributed by atoms with Crippen LogP contribution in [0.5, 0.6) is 5.75 Å². The van der Waals surface area contributed by atoms with Gasteiger partial charge in [-0.1, -0.05) is 6.07 Å². The highest BCUT2D eigenvalue weighted by atomic mass is 32.2. The minimum absolute atomic E-state index is 0.282. The second-order valence-corrected chi connectivity index (χ2v) is 6.30. The first-order chi connectivity index (χ1) is 7.54. The molecule has 2 N–H and O–H groups in total. The maximum atomic E-state index is 11.8. The van der Waals surface area contributed by atoms with E-state index in [0.29, 0.717) is 17.9 Å². The largest absolute Gasteiger partial charge is 0.495 e. The Morgan fingerprint density at radius 3 is 2.75 bits per heavy atom. The van der Waals surface area contributed by atoms with Crippen LogP contribution in [0.2, 0.25) is 0 Å². The van der Waals surface area contributed by atoms with E-state index in [-0.39, 0.29) is 11.0 Å². The van der Waals surface area contributed by atoms with E-state index in [1.165, 1.54) is 7.11 Å². The third-order valence-electron chi connectivity index (χ3n) is 2.96. The van der Waals surface area contributed by atoms with Crippen molar-refractivity contribution in [2.24, 2.45) is 0 Å². The van der Waals surface area contributed by atoms with Crippen LogP contribution in [0.15, 0.2) is 18.2 Å². The van der Waals surface area contributed by atoms with Crippen molar-refractivity contribution < 1.29 is 13.2 Å². The van der Waals surface area contributed by atoms with Crippen LogP contribution in [0.1, 0.15) is 23.7 Å². The van der Waals surface area contributed by atoms with Crippen LogP contribution in [-0.2, 0) is 9.84 Å². The van der Waals surface area contributed by atoms with E-state index in [9.17, 15) is 8.42 Å². The Labute approximate surface area is 95.3 Å². The molecule has 16 heavy (non-hydrogen) atoms. The zero-order valence-corrected chi connectivity index (χ0v) is 9.96. The van der Waals surface area contributed by atoms with E-state index in [0.717, 1.165) is 12.0 Å². The minimum Gasteiger partial charge on any atom is -0.495 e. The predicted molar refractivity (Wildman–Crippen MR) is 63.2 cm³/mol. The van der Waals surface area contributed by atoms with E-state index in [1.807, 2.05) is 0 Å². The van der Waals surface area contributed by atoms with Crippen LogP contribution in [0.3, 0.4) is 0 Å². The Morgan fingerprint density at radius 1 is 1.44 bits per heavy atom. The minimum atomic E-state index is -2.97. The maximum absolute atomic E-state index is 11.8. The fraction of sp³-hybridized carbons (Fsp3) is 0.455. The summed E-state index contributed by atoms with van der Waals surface area (Å²) < 4.78 is 28.6. The number of rotatable bonds is 2. The van der Waals surface area contributed by atoms with Crippen molar-refractivity contribution in [3.63, 3.8) is 0 Å². The Balaban J connectivity index is 2.41. The first kappa shape index (κ1) is 11.3. The summed E-state index contributed by atoms with van der Waals surface area (Å²) in [4.78, 5) is 0. The van der Waals surface area contributed by atoms with Gasteiger partial charge < -0.3 is 10.5 Å². The van der Waals surface area contributed by atoms with Gasteiger partial charge in [-0.25, -0.2) is 8.42 Å². The van der Waals surface area contributed by atoms with Gasteiger partial charge >= 0.3 is 0 Å². The van der Waals surface area contributed by atoms with Gasteiger partial charge in [0.1, 0.15) is 5.75 Å². The third-order valence-corrected chi connectivity index (χ3v) is 5.19. The van der Waals surface area contributed by atoms with Crippen LogP contribution in [-0.4, -0.2) is 21.3 Å². The topological polar surface area (TPSA) is 69.4 Å². The Morgan fingerprint density at radius 2 is 2.19 bits per heavy atom. The van der Waals surface area contributed by atoms with Crippen molar-refractivity contribution in [3.05, 3.63) is 23.8 Å². The van der Waals surface area contributed by atoms with Gasteiger partial charge in [-0.05, 0) is 30.5 Å². The van der Waals surface area contributed by atoms with Gasteiger partial charge in [-0.15, -0.1) is 0 Å². The first-order valence-electron chi connectivity index (χ1n) is 5.19. The Bertz CT molecular complexity index is 496. The van der Waals surface area contributed by atoms with E-state index < -0.39 is 9.84 Å². The van der Waals surface area contributed by atoms with Gasteiger partial charge in [0, 0.05) is 0 Å². The molecule has 5 heteroatoms. The lowest BCUT2D eigenvalue weighted by Crippen LogP contribution is -2.08. The van der Waals surface area contributed by atoms with Crippen molar-refractivity contribution in [1.82, 2.24) is 0 Å². The Hall–Kier alpha value is -1.23. The zero-order valence-electron chi connectivity index (χ0n) is 9.14. The predicted octanol–water partition coefficient (Wildman–Crippen LogP) is 1.53. The molecule has 0 amide bonds. The van der Waals surface area contributed by atoms with E-state index in [1.54, 1.807) is 18.2 Å². The molecule has 1 atom stereocenters. The smallest absolute Gasteiger partial charge is 0.157 e. The molecule has 0 bridgehead atoms. The summed E-state index contributed by atoms with van der Waals surface area (Å²) in [6, 6.07) is 5.19. The molecule has 0 aliphatic carbocycles. The van der Waals surface area contributed by atoms with Crippen LogP contribution in [0.25, 0.3) is 0 Å². The van der Waals surface area contributed by atoms with Gasteiger partial charge in [0.25, 0.3) is 0 Å². The number of hydrogen-bond acceptors (Lipinski definition) is 4. The molecule has 1 fully saturated rings. The molecule has 0 aromatic heterocycles. The number of methoxy groups -OCH3 is 1. The highest BCUT2D eigenvalue weighted by Gasteiger charge is 2.32. The number of hydrogen-bond donors (Lipinski definition) is 1. The molecule has 1 aliphatic rings. The lowest BCUT2D eigenvalue weighted by molar-refractivity contribution is 0.416. The summed E-state index contributed by atoms with van der Waals surface area (Å²) in [5, 5.41) is -0.387. The highest BCUT2D eigenvalue weighted by molar-refractivity contribution is 7.91. The maximum Gasteiger partial charge on any atom is 0.157 e. The average molecular weight is 241 g/mol. The molecule has 1 unspecified atom stereocenters. The summed E-state index contributed by atoms with van der Waals surface area (Å²) >= 11 is 0. The standard InChI is InChI=1S/C11H15NO3S/c1-15-10-7-8(4-5-9(10)12)11-3-2-6-16(11,13)14/h4-5,7,11H,2-3,6,12H2,1H3. The Kier molecular flexibility index (Phi) is 2.80.